The summed E-state index contributed by atoms with van der Waals surface area (Å²) >= 11 is 1.55. The predicted octanol–water partition coefficient (Wildman–Crippen LogP) is 6.00. The lowest BCUT2D eigenvalue weighted by atomic mass is 9.95. The quantitative estimate of drug-likeness (QED) is 0.218. The van der Waals surface area contributed by atoms with Gasteiger partial charge >= 0.3 is 5.97 Å². The molecular formula is C29H28N4O3S. The zero-order valence-corrected chi connectivity index (χ0v) is 21.6. The largest absolute Gasteiger partial charge is 0.489 e. The highest BCUT2D eigenvalue weighted by Gasteiger charge is 2.35. The number of ether oxygens (including phenoxy) is 2. The average Bonchev–Trinajstić information content (AvgIpc) is 3.33. The molecule has 0 aliphatic carbocycles. The maximum atomic E-state index is 13.5. The topological polar surface area (TPSA) is 78.3 Å². The molecule has 0 saturated carbocycles. The second kappa shape index (κ2) is 11.3. The Morgan fingerprint density at radius 2 is 1.68 bits per heavy atom. The summed E-state index contributed by atoms with van der Waals surface area (Å²) in [6, 6.07) is 26.9. The van der Waals surface area contributed by atoms with Crippen LogP contribution in [0.4, 0.5) is 5.95 Å². The van der Waals surface area contributed by atoms with Crippen molar-refractivity contribution in [1.82, 2.24) is 14.8 Å². The number of esters is 1. The Balaban J connectivity index is 1.46. The number of benzene rings is 3. The lowest BCUT2D eigenvalue weighted by Gasteiger charge is -2.28. The molecule has 1 aliphatic rings. The van der Waals surface area contributed by atoms with E-state index in [0.29, 0.717) is 34.7 Å². The van der Waals surface area contributed by atoms with Gasteiger partial charge in [-0.15, -0.1) is 5.10 Å². The van der Waals surface area contributed by atoms with Gasteiger partial charge < -0.3 is 14.8 Å². The van der Waals surface area contributed by atoms with E-state index in [9.17, 15) is 4.79 Å². The van der Waals surface area contributed by atoms with E-state index in [4.69, 9.17) is 14.6 Å². The van der Waals surface area contributed by atoms with E-state index in [-0.39, 0.29) is 6.61 Å². The van der Waals surface area contributed by atoms with Crippen LogP contribution in [-0.2, 0) is 22.7 Å². The minimum atomic E-state index is -0.515. The van der Waals surface area contributed by atoms with Gasteiger partial charge in [0.25, 0.3) is 0 Å². The molecule has 0 fully saturated rings. The van der Waals surface area contributed by atoms with Crippen LogP contribution in [-0.4, -0.2) is 26.5 Å². The summed E-state index contributed by atoms with van der Waals surface area (Å²) in [5.74, 6) is 1.74. The number of anilines is 1. The third-order valence-electron chi connectivity index (χ3n) is 5.96. The van der Waals surface area contributed by atoms with Gasteiger partial charge in [-0.05, 0) is 41.5 Å². The molecule has 1 atom stereocenters. The van der Waals surface area contributed by atoms with Crippen molar-refractivity contribution in [2.24, 2.45) is 0 Å². The van der Waals surface area contributed by atoms with Gasteiger partial charge in [-0.3, -0.25) is 0 Å². The molecule has 188 valence electrons. The number of rotatable bonds is 9. The summed E-state index contributed by atoms with van der Waals surface area (Å²) < 4.78 is 13.6. The fraction of sp³-hybridized carbons (Fsp3) is 0.207. The minimum absolute atomic E-state index is 0.185. The number of allylic oxidation sites excluding steroid dienone is 1. The van der Waals surface area contributed by atoms with E-state index in [1.807, 2.05) is 91.9 Å². The second-order valence-electron chi connectivity index (χ2n) is 8.57. The maximum absolute atomic E-state index is 13.5. The number of nitrogens with zero attached hydrogens (tertiary/aromatic N) is 3. The molecule has 4 aromatic rings. The van der Waals surface area contributed by atoms with E-state index in [0.717, 1.165) is 22.4 Å². The Kier molecular flexibility index (Phi) is 7.56. The second-order valence-corrected chi connectivity index (χ2v) is 9.80. The van der Waals surface area contributed by atoms with Crippen LogP contribution in [0, 0.1) is 0 Å². The van der Waals surface area contributed by atoms with Gasteiger partial charge in [0.15, 0.2) is 0 Å². The highest BCUT2D eigenvalue weighted by Crippen LogP contribution is 2.37. The standard InChI is InChI=1S/C29H28N4O3S/c1-3-37-29-31-28-30-20(2)25(27(34)36-19-22-13-8-5-9-14-22)26(33(28)32-29)23-15-10-16-24(17-23)35-18-21-11-6-4-7-12-21/h4-17,26H,3,18-19H2,1-2H3,(H,30,31,32). The third-order valence-corrected chi connectivity index (χ3v) is 6.68. The fourth-order valence-corrected chi connectivity index (χ4v) is 4.77. The minimum Gasteiger partial charge on any atom is -0.489 e. The SMILES string of the molecule is CCSc1nc2n(n1)C(c1cccc(OCc3ccccc3)c1)C(C(=O)OCc1ccccc1)=C(C)N2. The van der Waals surface area contributed by atoms with Crippen LogP contribution < -0.4 is 10.1 Å². The first kappa shape index (κ1) is 24.6. The molecule has 0 spiro atoms. The van der Waals surface area contributed by atoms with Gasteiger partial charge in [0.05, 0.1) is 5.57 Å². The number of aromatic nitrogens is 3. The van der Waals surface area contributed by atoms with Crippen molar-refractivity contribution in [2.75, 3.05) is 11.1 Å². The van der Waals surface area contributed by atoms with Crippen LogP contribution in [0.1, 0.15) is 36.6 Å². The molecule has 1 aliphatic heterocycles. The summed E-state index contributed by atoms with van der Waals surface area (Å²) in [5.41, 5.74) is 4.04. The van der Waals surface area contributed by atoms with E-state index >= 15 is 0 Å². The molecule has 2 heterocycles. The Bertz CT molecular complexity index is 1400. The average molecular weight is 513 g/mol. The molecule has 8 heteroatoms. The number of hydrogen-bond acceptors (Lipinski definition) is 7. The Morgan fingerprint density at radius 3 is 2.38 bits per heavy atom. The smallest absolute Gasteiger partial charge is 0.338 e. The van der Waals surface area contributed by atoms with Crippen LogP contribution in [0.15, 0.2) is 101 Å². The third kappa shape index (κ3) is 5.70. The van der Waals surface area contributed by atoms with E-state index < -0.39 is 12.0 Å². The van der Waals surface area contributed by atoms with Gasteiger partial charge in [-0.25, -0.2) is 9.48 Å². The van der Waals surface area contributed by atoms with Crippen LogP contribution in [0.2, 0.25) is 0 Å². The van der Waals surface area contributed by atoms with Gasteiger partial charge in [0.1, 0.15) is 25.0 Å². The molecule has 0 bridgehead atoms. The summed E-state index contributed by atoms with van der Waals surface area (Å²) in [4.78, 5) is 18.1. The summed E-state index contributed by atoms with van der Waals surface area (Å²) in [7, 11) is 0. The maximum Gasteiger partial charge on any atom is 0.338 e. The number of fused-ring (bicyclic) bond motifs is 1. The molecule has 0 amide bonds. The van der Waals surface area contributed by atoms with Crippen molar-refractivity contribution in [2.45, 2.75) is 38.3 Å². The molecule has 1 aromatic heterocycles. The number of hydrogen-bond donors (Lipinski definition) is 1. The molecule has 1 N–H and O–H groups in total. The summed E-state index contributed by atoms with van der Waals surface area (Å²) in [6.07, 6.45) is 0. The molecule has 1 unspecified atom stereocenters. The Morgan fingerprint density at radius 1 is 0.973 bits per heavy atom. The van der Waals surface area contributed by atoms with Crippen molar-refractivity contribution in [3.63, 3.8) is 0 Å². The highest BCUT2D eigenvalue weighted by molar-refractivity contribution is 7.99. The van der Waals surface area contributed by atoms with Crippen LogP contribution in [0.5, 0.6) is 5.75 Å². The Labute approximate surface area is 220 Å². The van der Waals surface area contributed by atoms with Crippen molar-refractivity contribution in [1.29, 1.82) is 0 Å². The van der Waals surface area contributed by atoms with Crippen molar-refractivity contribution in [3.05, 3.63) is 113 Å². The summed E-state index contributed by atoms with van der Waals surface area (Å²) in [6.45, 7) is 4.56. The molecule has 0 radical (unpaired) electrons. The van der Waals surface area contributed by atoms with Crippen LogP contribution in [0.25, 0.3) is 0 Å². The van der Waals surface area contributed by atoms with E-state index in [1.165, 1.54) is 0 Å². The van der Waals surface area contributed by atoms with Crippen LogP contribution >= 0.6 is 11.8 Å². The molecule has 5 rings (SSSR count). The zero-order valence-electron chi connectivity index (χ0n) is 20.8. The number of carbonyl (C=O) groups excluding carboxylic acids is 1. The first-order valence-electron chi connectivity index (χ1n) is 12.2. The molecule has 7 nitrogen and oxygen atoms in total. The summed E-state index contributed by atoms with van der Waals surface area (Å²) in [5, 5.41) is 8.63. The van der Waals surface area contributed by atoms with Gasteiger partial charge in [0.2, 0.25) is 11.1 Å². The number of thioether (sulfide) groups is 1. The normalized spacial score (nSPS) is 14.6. The van der Waals surface area contributed by atoms with Gasteiger partial charge in [-0.1, -0.05) is 91.5 Å². The van der Waals surface area contributed by atoms with E-state index in [2.05, 4.69) is 17.2 Å². The van der Waals surface area contributed by atoms with Crippen LogP contribution in [0.3, 0.4) is 0 Å². The highest BCUT2D eigenvalue weighted by atomic mass is 32.2. The molecule has 3 aromatic carbocycles. The fourth-order valence-electron chi connectivity index (χ4n) is 4.21. The molecule has 0 saturated heterocycles. The van der Waals surface area contributed by atoms with Gasteiger partial charge in [-0.2, -0.15) is 4.98 Å². The van der Waals surface area contributed by atoms with Crippen molar-refractivity contribution >= 4 is 23.7 Å². The lowest BCUT2D eigenvalue weighted by molar-refractivity contribution is -0.140. The van der Waals surface area contributed by atoms with E-state index in [1.54, 1.807) is 16.4 Å². The first-order valence-corrected chi connectivity index (χ1v) is 13.2. The molecular weight excluding hydrogens is 484 g/mol. The predicted molar refractivity (Wildman–Crippen MR) is 144 cm³/mol. The van der Waals surface area contributed by atoms with Crippen molar-refractivity contribution in [3.8, 4) is 5.75 Å². The number of carbonyl (C=O) groups is 1. The number of nitrogens with one attached hydrogen (secondary N) is 1. The van der Waals surface area contributed by atoms with Gasteiger partial charge in [0, 0.05) is 5.70 Å². The molecule has 37 heavy (non-hydrogen) atoms. The Hall–Kier alpha value is -4.04. The monoisotopic (exact) mass is 512 g/mol. The zero-order chi connectivity index (χ0) is 25.6. The first-order chi connectivity index (χ1) is 18.1. The van der Waals surface area contributed by atoms with Crippen molar-refractivity contribution < 1.29 is 14.3 Å². The lowest BCUT2D eigenvalue weighted by Crippen LogP contribution is -2.29.